The number of hydrogen-bond donors (Lipinski definition) is 6. The lowest BCUT2D eigenvalue weighted by molar-refractivity contribution is 0.0679. The maximum Gasteiger partial charge on any atom is 0.356 e. The fourth-order valence-corrected chi connectivity index (χ4v) is 3.88. The van der Waals surface area contributed by atoms with Crippen LogP contribution in [-0.4, -0.2) is 58.6 Å². The second-order valence-corrected chi connectivity index (χ2v) is 10.1. The molecule has 0 radical (unpaired) electrons. The lowest BCUT2D eigenvalue weighted by Gasteiger charge is -2.08. The van der Waals surface area contributed by atoms with Crippen LogP contribution in [-0.2, 0) is 25.7 Å². The van der Waals surface area contributed by atoms with Crippen LogP contribution in [0.1, 0.15) is 107 Å². The average Bonchev–Trinajstić information content (AvgIpc) is 3.62. The number of fused-ring (bicyclic) bond motifs is 1. The standard InChI is InChI=1S/C10H14N2O2.C9H14N2O2.C9H11NO2/c1-7(2)4-3-5-8-6-9(10(13)14)12-11-8;1-6(2)3-4-7-5-8(9(12)13)11-10-7;11-9(12)8-5-6-3-1-2-4-7(6)10-8/h4,6H,3,5H2,1-2H3,(H,11,12)(H,13,14);5-6H,3-4H2,1-2H3,(H,10,11)(H,12,13);5,10H,1-4H2,(H,11,12). The summed E-state index contributed by atoms with van der Waals surface area (Å²) in [6.45, 7) is 8.34. The first-order valence-corrected chi connectivity index (χ1v) is 13.1. The summed E-state index contributed by atoms with van der Waals surface area (Å²) in [5.41, 5.74) is 5.85. The number of carboxylic acid groups (broad SMARTS) is 3. The van der Waals surface area contributed by atoms with Crippen molar-refractivity contribution in [2.75, 3.05) is 0 Å². The van der Waals surface area contributed by atoms with Gasteiger partial charge in [-0.2, -0.15) is 10.2 Å². The molecule has 0 spiro atoms. The van der Waals surface area contributed by atoms with Gasteiger partial charge in [-0.25, -0.2) is 14.4 Å². The van der Waals surface area contributed by atoms with Crippen molar-refractivity contribution in [1.29, 1.82) is 0 Å². The van der Waals surface area contributed by atoms with Crippen LogP contribution in [0.2, 0.25) is 0 Å². The normalized spacial score (nSPS) is 11.9. The van der Waals surface area contributed by atoms with Crippen molar-refractivity contribution < 1.29 is 29.7 Å². The van der Waals surface area contributed by atoms with Gasteiger partial charge in [0, 0.05) is 17.1 Å². The lowest BCUT2D eigenvalue weighted by Crippen LogP contribution is -2.00. The summed E-state index contributed by atoms with van der Waals surface area (Å²) < 4.78 is 0. The van der Waals surface area contributed by atoms with Gasteiger partial charge >= 0.3 is 17.9 Å². The summed E-state index contributed by atoms with van der Waals surface area (Å²) in [5, 5.41) is 38.7. The van der Waals surface area contributed by atoms with Crippen LogP contribution in [0.3, 0.4) is 0 Å². The largest absolute Gasteiger partial charge is 0.477 e. The number of carbonyl (C=O) groups is 3. The number of nitrogens with zero attached hydrogens (tertiary/aromatic N) is 2. The zero-order chi connectivity index (χ0) is 28.9. The topological polar surface area (TPSA) is 185 Å². The fourth-order valence-electron chi connectivity index (χ4n) is 3.88. The second kappa shape index (κ2) is 15.3. The minimum atomic E-state index is -0.991. The first-order valence-electron chi connectivity index (χ1n) is 13.1. The molecular weight excluding hydrogens is 502 g/mol. The smallest absolute Gasteiger partial charge is 0.356 e. The number of aromatic carboxylic acids is 3. The van der Waals surface area contributed by atoms with Gasteiger partial charge in [0.05, 0.1) is 0 Å². The molecule has 0 fully saturated rings. The van der Waals surface area contributed by atoms with E-state index in [1.807, 2.05) is 13.8 Å². The summed E-state index contributed by atoms with van der Waals surface area (Å²) in [4.78, 5) is 34.5. The van der Waals surface area contributed by atoms with Crippen molar-refractivity contribution in [2.24, 2.45) is 5.92 Å². The van der Waals surface area contributed by atoms with Gasteiger partial charge in [0.25, 0.3) is 0 Å². The van der Waals surface area contributed by atoms with Gasteiger partial charge in [-0.05, 0) is 94.9 Å². The Bertz CT molecular complexity index is 1240. The molecule has 0 unspecified atom stereocenters. The number of carboxylic acids is 3. The van der Waals surface area contributed by atoms with Gasteiger partial charge in [-0.1, -0.05) is 25.5 Å². The Morgan fingerprint density at radius 1 is 0.872 bits per heavy atom. The molecule has 3 aromatic rings. The van der Waals surface area contributed by atoms with E-state index in [1.165, 1.54) is 24.0 Å². The molecule has 4 rings (SSSR count). The summed E-state index contributed by atoms with van der Waals surface area (Å²) in [5.74, 6) is -2.21. The highest BCUT2D eigenvalue weighted by Crippen LogP contribution is 2.21. The van der Waals surface area contributed by atoms with Gasteiger partial charge in [0.1, 0.15) is 5.69 Å². The Labute approximate surface area is 227 Å². The van der Waals surface area contributed by atoms with Crippen LogP contribution in [0.25, 0.3) is 0 Å². The third kappa shape index (κ3) is 11.0. The molecule has 0 aliphatic heterocycles. The third-order valence-electron chi connectivity index (χ3n) is 6.00. The molecule has 3 aromatic heterocycles. The molecule has 6 N–H and O–H groups in total. The predicted molar refractivity (Wildman–Crippen MR) is 146 cm³/mol. The minimum Gasteiger partial charge on any atom is -0.477 e. The molecule has 212 valence electrons. The quantitative estimate of drug-likeness (QED) is 0.197. The van der Waals surface area contributed by atoms with Gasteiger partial charge < -0.3 is 20.3 Å². The van der Waals surface area contributed by atoms with E-state index in [-0.39, 0.29) is 11.4 Å². The summed E-state index contributed by atoms with van der Waals surface area (Å²) in [7, 11) is 0. The highest BCUT2D eigenvalue weighted by atomic mass is 16.4. The Kier molecular flexibility index (Phi) is 12.2. The van der Waals surface area contributed by atoms with Crippen molar-refractivity contribution in [1.82, 2.24) is 25.4 Å². The first-order chi connectivity index (χ1) is 18.5. The van der Waals surface area contributed by atoms with E-state index in [1.54, 1.807) is 18.2 Å². The van der Waals surface area contributed by atoms with Crippen LogP contribution in [0.15, 0.2) is 29.8 Å². The Morgan fingerprint density at radius 3 is 1.90 bits per heavy atom. The van der Waals surface area contributed by atoms with Crippen LogP contribution in [0.5, 0.6) is 0 Å². The van der Waals surface area contributed by atoms with Gasteiger partial charge in [0.2, 0.25) is 0 Å². The molecule has 1 aliphatic carbocycles. The average molecular weight is 542 g/mol. The number of allylic oxidation sites excluding steroid dienone is 2. The molecule has 1 aliphatic rings. The maximum atomic E-state index is 10.6. The van der Waals surface area contributed by atoms with Crippen LogP contribution >= 0.6 is 0 Å². The van der Waals surface area contributed by atoms with Crippen molar-refractivity contribution in [3.63, 3.8) is 0 Å². The highest BCUT2D eigenvalue weighted by Gasteiger charge is 2.15. The van der Waals surface area contributed by atoms with Gasteiger partial charge in [-0.15, -0.1) is 0 Å². The highest BCUT2D eigenvalue weighted by molar-refractivity contribution is 5.86. The molecule has 39 heavy (non-hydrogen) atoms. The molecule has 11 nitrogen and oxygen atoms in total. The zero-order valence-electron chi connectivity index (χ0n) is 23.0. The summed E-state index contributed by atoms with van der Waals surface area (Å²) in [6.07, 6.45) is 10.1. The number of hydrogen-bond acceptors (Lipinski definition) is 5. The SMILES string of the molecule is CC(C)=CCCc1cc(C(=O)O)n[nH]1.CC(C)CCc1cc(C(=O)O)n[nH]1.O=C(O)c1cc2c([nH]1)CCCC2. The van der Waals surface area contributed by atoms with Crippen LogP contribution in [0.4, 0.5) is 0 Å². The number of H-pyrrole nitrogens is 3. The van der Waals surface area contributed by atoms with Crippen molar-refractivity contribution in [3.8, 4) is 0 Å². The zero-order valence-corrected chi connectivity index (χ0v) is 23.0. The molecule has 0 saturated heterocycles. The number of aromatic nitrogens is 5. The lowest BCUT2D eigenvalue weighted by atomic mass is 9.98. The Morgan fingerprint density at radius 2 is 1.44 bits per heavy atom. The van der Waals surface area contributed by atoms with Crippen LogP contribution < -0.4 is 0 Å². The second-order valence-electron chi connectivity index (χ2n) is 10.1. The van der Waals surface area contributed by atoms with Crippen molar-refractivity contribution in [2.45, 2.75) is 79.1 Å². The van der Waals surface area contributed by atoms with Gasteiger partial charge in [0.15, 0.2) is 11.4 Å². The van der Waals surface area contributed by atoms with E-state index in [2.05, 4.69) is 45.3 Å². The first kappa shape index (κ1) is 31.1. The Balaban J connectivity index is 0.000000206. The maximum absolute atomic E-state index is 10.6. The molecule has 0 atom stereocenters. The van der Waals surface area contributed by atoms with E-state index < -0.39 is 17.9 Å². The fraction of sp³-hybridized carbons (Fsp3) is 0.464. The van der Waals surface area contributed by atoms with E-state index in [9.17, 15) is 14.4 Å². The monoisotopic (exact) mass is 541 g/mol. The predicted octanol–water partition coefficient (Wildman–Crippen LogP) is 5.29. The number of nitrogens with one attached hydrogen (secondary N) is 3. The Hall–Kier alpha value is -4.15. The summed E-state index contributed by atoms with van der Waals surface area (Å²) >= 11 is 0. The number of aromatic amines is 3. The summed E-state index contributed by atoms with van der Waals surface area (Å²) in [6, 6.07) is 4.92. The van der Waals surface area contributed by atoms with Crippen LogP contribution in [0, 0.1) is 5.92 Å². The van der Waals surface area contributed by atoms with E-state index in [4.69, 9.17) is 15.3 Å². The van der Waals surface area contributed by atoms with Crippen molar-refractivity contribution in [3.05, 3.63) is 69.6 Å². The molecule has 3 heterocycles. The van der Waals surface area contributed by atoms with Gasteiger partial charge in [-0.3, -0.25) is 10.2 Å². The third-order valence-corrected chi connectivity index (χ3v) is 6.00. The number of rotatable bonds is 9. The van der Waals surface area contributed by atoms with E-state index >= 15 is 0 Å². The number of aryl methyl sites for hydroxylation is 4. The molecule has 0 saturated carbocycles. The molecule has 0 amide bonds. The van der Waals surface area contributed by atoms with Crippen molar-refractivity contribution >= 4 is 17.9 Å². The molecule has 11 heteroatoms. The van der Waals surface area contributed by atoms with E-state index in [0.717, 1.165) is 55.6 Å². The minimum absolute atomic E-state index is 0.0807. The molecular formula is C28H39N5O6. The molecule has 0 bridgehead atoms. The molecule has 0 aromatic carbocycles. The van der Waals surface area contributed by atoms with E-state index in [0.29, 0.717) is 11.6 Å².